The number of rotatable bonds is 3. The van der Waals surface area contributed by atoms with Gasteiger partial charge in [0.2, 0.25) is 0 Å². The first-order valence-corrected chi connectivity index (χ1v) is 10.8. The Labute approximate surface area is 177 Å². The number of fused-ring (bicyclic) bond motifs is 2. The van der Waals surface area contributed by atoms with Crippen LogP contribution in [0, 0.1) is 0 Å². The largest absolute Gasteiger partial charge is 0.387 e. The molecule has 0 radical (unpaired) electrons. The number of aliphatic hydroxyl groups excluding tert-OH is 1. The molecule has 6 heteroatoms. The lowest BCUT2D eigenvalue weighted by Gasteiger charge is -2.08. The van der Waals surface area contributed by atoms with Crippen molar-refractivity contribution in [3.63, 3.8) is 0 Å². The predicted molar refractivity (Wildman–Crippen MR) is 119 cm³/mol. The first kappa shape index (κ1) is 17.5. The summed E-state index contributed by atoms with van der Waals surface area (Å²) in [6.45, 7) is 0. The molecule has 1 aromatic carbocycles. The molecular formula is C24H18N4OS. The third kappa shape index (κ3) is 2.84. The Morgan fingerprint density at radius 1 is 1.00 bits per heavy atom. The van der Waals surface area contributed by atoms with E-state index in [2.05, 4.69) is 45.7 Å². The van der Waals surface area contributed by atoms with Crippen LogP contribution in [-0.4, -0.2) is 25.0 Å². The third-order valence-corrected chi connectivity index (χ3v) is 6.53. The quantitative estimate of drug-likeness (QED) is 0.418. The van der Waals surface area contributed by atoms with E-state index in [1.54, 1.807) is 17.5 Å². The molecule has 0 fully saturated rings. The van der Waals surface area contributed by atoms with Gasteiger partial charge in [-0.2, -0.15) is 0 Å². The van der Waals surface area contributed by atoms with Gasteiger partial charge in [0, 0.05) is 39.9 Å². The van der Waals surface area contributed by atoms with E-state index in [1.807, 2.05) is 24.4 Å². The summed E-state index contributed by atoms with van der Waals surface area (Å²) in [6.07, 6.45) is 4.96. The average molecular weight is 411 g/mol. The Balaban J connectivity index is 1.37. The van der Waals surface area contributed by atoms with Crippen molar-refractivity contribution in [2.45, 2.75) is 18.9 Å². The van der Waals surface area contributed by atoms with E-state index in [-0.39, 0.29) is 0 Å². The lowest BCUT2D eigenvalue weighted by atomic mass is 10.0. The molecule has 30 heavy (non-hydrogen) atoms. The van der Waals surface area contributed by atoms with E-state index in [1.165, 1.54) is 0 Å². The lowest BCUT2D eigenvalue weighted by Crippen LogP contribution is -1.96. The number of nitrogens with zero attached hydrogens (tertiary/aromatic N) is 3. The fourth-order valence-corrected chi connectivity index (χ4v) is 4.95. The second-order valence-electron chi connectivity index (χ2n) is 7.52. The molecule has 0 spiro atoms. The Kier molecular flexibility index (Phi) is 4.00. The molecule has 5 nitrogen and oxygen atoms in total. The van der Waals surface area contributed by atoms with Crippen molar-refractivity contribution in [3.05, 3.63) is 77.6 Å². The fraction of sp³-hybridized carbons (Fsp3) is 0.125. The van der Waals surface area contributed by atoms with Crippen molar-refractivity contribution in [1.82, 2.24) is 19.9 Å². The number of pyridine rings is 2. The average Bonchev–Trinajstić information content (AvgIpc) is 3.52. The molecule has 0 amide bonds. The molecule has 1 aliphatic rings. The summed E-state index contributed by atoms with van der Waals surface area (Å²) >= 11 is 1.63. The van der Waals surface area contributed by atoms with E-state index >= 15 is 0 Å². The monoisotopic (exact) mass is 410 g/mol. The molecule has 4 aromatic heterocycles. The van der Waals surface area contributed by atoms with Gasteiger partial charge in [-0.1, -0.05) is 24.3 Å². The van der Waals surface area contributed by atoms with Crippen molar-refractivity contribution < 1.29 is 5.11 Å². The van der Waals surface area contributed by atoms with Crippen LogP contribution in [0.15, 0.2) is 66.3 Å². The van der Waals surface area contributed by atoms with Gasteiger partial charge in [0.25, 0.3) is 0 Å². The van der Waals surface area contributed by atoms with Gasteiger partial charge in [0.05, 0.1) is 23.2 Å². The number of aliphatic hydroxyl groups is 1. The van der Waals surface area contributed by atoms with Crippen LogP contribution in [0.4, 0.5) is 0 Å². The molecule has 1 aliphatic carbocycles. The third-order valence-electron chi connectivity index (χ3n) is 5.65. The lowest BCUT2D eigenvalue weighted by molar-refractivity contribution is 0.176. The zero-order valence-corrected chi connectivity index (χ0v) is 16.9. The van der Waals surface area contributed by atoms with E-state index in [0.717, 1.165) is 68.2 Å². The summed E-state index contributed by atoms with van der Waals surface area (Å²) in [5, 5.41) is 14.3. The van der Waals surface area contributed by atoms with Crippen molar-refractivity contribution in [2.75, 3.05) is 0 Å². The van der Waals surface area contributed by atoms with Gasteiger partial charge in [-0.25, -0.2) is 15.0 Å². The summed E-state index contributed by atoms with van der Waals surface area (Å²) in [6, 6.07) is 16.4. The van der Waals surface area contributed by atoms with E-state index < -0.39 is 6.10 Å². The SMILES string of the molecule is O[C@@H]1CCc2ccc(-c3cccc(-c4csc(-c5c[nH]c6ncccc56)n4)c3)nc21. The minimum absolute atomic E-state index is 0.449. The number of aromatic nitrogens is 4. The Morgan fingerprint density at radius 3 is 2.83 bits per heavy atom. The molecule has 0 bridgehead atoms. The predicted octanol–water partition coefficient (Wildman–Crippen LogP) is 5.40. The topological polar surface area (TPSA) is 74.7 Å². The van der Waals surface area contributed by atoms with Crippen molar-refractivity contribution >= 4 is 22.4 Å². The number of aryl methyl sites for hydroxylation is 1. The first-order chi connectivity index (χ1) is 14.8. The molecule has 0 saturated carbocycles. The molecular weight excluding hydrogens is 392 g/mol. The number of thiazole rings is 1. The Hall–Kier alpha value is -3.35. The number of hydrogen-bond donors (Lipinski definition) is 2. The molecule has 6 rings (SSSR count). The Morgan fingerprint density at radius 2 is 1.90 bits per heavy atom. The maximum Gasteiger partial charge on any atom is 0.137 e. The number of H-pyrrole nitrogens is 1. The van der Waals surface area contributed by atoms with Crippen LogP contribution in [0.3, 0.4) is 0 Å². The van der Waals surface area contributed by atoms with Crippen LogP contribution in [-0.2, 0) is 6.42 Å². The highest BCUT2D eigenvalue weighted by Crippen LogP contribution is 2.35. The minimum Gasteiger partial charge on any atom is -0.387 e. The normalized spacial score (nSPS) is 15.6. The summed E-state index contributed by atoms with van der Waals surface area (Å²) in [5.74, 6) is 0. The Bertz CT molecular complexity index is 1390. The number of hydrogen-bond acceptors (Lipinski definition) is 5. The first-order valence-electron chi connectivity index (χ1n) is 9.93. The number of benzene rings is 1. The van der Waals surface area contributed by atoms with Gasteiger partial charge >= 0.3 is 0 Å². The fourth-order valence-electron chi connectivity index (χ4n) is 4.09. The molecule has 4 heterocycles. The van der Waals surface area contributed by atoms with Gasteiger partial charge in [-0.05, 0) is 42.7 Å². The van der Waals surface area contributed by atoms with Crippen molar-refractivity contribution in [2.24, 2.45) is 0 Å². The molecule has 5 aromatic rings. The molecule has 0 aliphatic heterocycles. The zero-order chi connectivity index (χ0) is 20.1. The van der Waals surface area contributed by atoms with Gasteiger partial charge in [0.15, 0.2) is 0 Å². The standard InChI is InChI=1S/C24H18N4OS/c29-21-9-7-14-6-8-19(27-22(14)21)15-3-1-4-16(11-15)20-13-30-24(28-20)18-12-26-23-17(18)5-2-10-25-23/h1-6,8,10-13,21,29H,7,9H2,(H,25,26)/t21-/m1/s1. The van der Waals surface area contributed by atoms with Crippen LogP contribution < -0.4 is 0 Å². The summed E-state index contributed by atoms with van der Waals surface area (Å²) in [7, 11) is 0. The van der Waals surface area contributed by atoms with Crippen molar-refractivity contribution in [1.29, 1.82) is 0 Å². The molecule has 146 valence electrons. The number of nitrogens with one attached hydrogen (secondary N) is 1. The highest BCUT2D eigenvalue weighted by molar-refractivity contribution is 7.13. The second kappa shape index (κ2) is 6.86. The van der Waals surface area contributed by atoms with Gasteiger partial charge in [-0.3, -0.25) is 0 Å². The maximum absolute atomic E-state index is 10.2. The van der Waals surface area contributed by atoms with Crippen LogP contribution >= 0.6 is 11.3 Å². The summed E-state index contributed by atoms with van der Waals surface area (Å²) in [5.41, 5.74) is 7.82. The van der Waals surface area contributed by atoms with Crippen LogP contribution in [0.2, 0.25) is 0 Å². The van der Waals surface area contributed by atoms with Gasteiger partial charge in [0.1, 0.15) is 10.7 Å². The van der Waals surface area contributed by atoms with E-state index in [4.69, 9.17) is 9.97 Å². The second-order valence-corrected chi connectivity index (χ2v) is 8.37. The van der Waals surface area contributed by atoms with E-state index in [9.17, 15) is 5.11 Å². The smallest absolute Gasteiger partial charge is 0.137 e. The highest BCUT2D eigenvalue weighted by atomic mass is 32.1. The van der Waals surface area contributed by atoms with Crippen molar-refractivity contribution in [3.8, 4) is 33.1 Å². The maximum atomic E-state index is 10.2. The van der Waals surface area contributed by atoms with Gasteiger partial charge < -0.3 is 10.1 Å². The van der Waals surface area contributed by atoms with Crippen LogP contribution in [0.1, 0.15) is 23.8 Å². The molecule has 1 atom stereocenters. The molecule has 2 N–H and O–H groups in total. The zero-order valence-electron chi connectivity index (χ0n) is 16.0. The summed E-state index contributed by atoms with van der Waals surface area (Å²) in [4.78, 5) is 17.2. The summed E-state index contributed by atoms with van der Waals surface area (Å²) < 4.78 is 0. The molecule has 0 saturated heterocycles. The van der Waals surface area contributed by atoms with Crippen LogP contribution in [0.25, 0.3) is 44.1 Å². The van der Waals surface area contributed by atoms with E-state index in [0.29, 0.717) is 0 Å². The van der Waals surface area contributed by atoms with Crippen LogP contribution in [0.5, 0.6) is 0 Å². The molecule has 0 unspecified atom stereocenters. The minimum atomic E-state index is -0.449. The number of aromatic amines is 1. The highest BCUT2D eigenvalue weighted by Gasteiger charge is 2.22. The van der Waals surface area contributed by atoms with Gasteiger partial charge in [-0.15, -0.1) is 11.3 Å².